The molecule has 1 aliphatic rings. The highest BCUT2D eigenvalue weighted by Gasteiger charge is 2.14. The highest BCUT2D eigenvalue weighted by Crippen LogP contribution is 2.34. The van der Waals surface area contributed by atoms with Gasteiger partial charge in [0.1, 0.15) is 0 Å². The Bertz CT molecular complexity index is 821. The van der Waals surface area contributed by atoms with E-state index in [1.807, 2.05) is 0 Å². The van der Waals surface area contributed by atoms with Gasteiger partial charge in [0.2, 0.25) is 12.7 Å². The summed E-state index contributed by atoms with van der Waals surface area (Å²) in [4.78, 5) is 27.8. The number of amides is 2. The number of rotatable bonds is 5. The van der Waals surface area contributed by atoms with E-state index in [1.54, 1.807) is 43.5 Å². The molecule has 2 heterocycles. The van der Waals surface area contributed by atoms with Crippen molar-refractivity contribution in [2.45, 2.75) is 13.3 Å². The molecule has 2 aromatic rings. The highest BCUT2D eigenvalue weighted by atomic mass is 16.7. The number of carbonyl (C=O) groups is 2. The number of pyridine rings is 1. The topological polar surface area (TPSA) is 102 Å². The van der Waals surface area contributed by atoms with Gasteiger partial charge in [-0.25, -0.2) is 5.43 Å². The van der Waals surface area contributed by atoms with E-state index in [0.29, 0.717) is 28.5 Å². The number of nitrogens with zero attached hydrogens (tertiary/aromatic N) is 2. The molecule has 0 bridgehead atoms. The molecule has 0 saturated carbocycles. The van der Waals surface area contributed by atoms with Crippen molar-refractivity contribution in [1.29, 1.82) is 0 Å². The van der Waals surface area contributed by atoms with Crippen LogP contribution in [0.1, 0.15) is 23.7 Å². The van der Waals surface area contributed by atoms with Crippen molar-refractivity contribution in [3.8, 4) is 11.5 Å². The van der Waals surface area contributed by atoms with E-state index >= 15 is 0 Å². The van der Waals surface area contributed by atoms with Crippen molar-refractivity contribution in [1.82, 2.24) is 10.4 Å². The number of hydrogen-bond donors (Lipinski definition) is 2. The predicted molar refractivity (Wildman–Crippen MR) is 90.6 cm³/mol. The van der Waals surface area contributed by atoms with Crippen LogP contribution in [0.15, 0.2) is 47.8 Å². The standard InChI is InChI=1S/C17H16N4O4/c1-11(20-21-17(23)12-3-2-6-18-9-12)7-16(22)19-13-4-5-14-15(8-13)25-10-24-14/h2-6,8-9H,7,10H2,1H3,(H,19,22)(H,21,23)/b20-11-. The van der Waals surface area contributed by atoms with Crippen molar-refractivity contribution in [2.24, 2.45) is 5.10 Å². The Hall–Kier alpha value is -3.42. The van der Waals surface area contributed by atoms with Crippen LogP contribution in [0.4, 0.5) is 5.69 Å². The minimum Gasteiger partial charge on any atom is -0.454 e. The second-order valence-electron chi connectivity index (χ2n) is 5.32. The van der Waals surface area contributed by atoms with Gasteiger partial charge in [0.25, 0.3) is 5.91 Å². The largest absolute Gasteiger partial charge is 0.454 e. The second-order valence-corrected chi connectivity index (χ2v) is 5.32. The lowest BCUT2D eigenvalue weighted by atomic mass is 10.2. The first-order valence-electron chi connectivity index (χ1n) is 7.55. The summed E-state index contributed by atoms with van der Waals surface area (Å²) in [6.45, 7) is 1.83. The molecule has 1 aromatic carbocycles. The molecule has 8 nitrogen and oxygen atoms in total. The molecule has 25 heavy (non-hydrogen) atoms. The van der Waals surface area contributed by atoms with Crippen LogP contribution in [0.2, 0.25) is 0 Å². The molecule has 2 N–H and O–H groups in total. The van der Waals surface area contributed by atoms with Crippen molar-refractivity contribution < 1.29 is 19.1 Å². The maximum Gasteiger partial charge on any atom is 0.272 e. The zero-order valence-electron chi connectivity index (χ0n) is 13.5. The maximum absolute atomic E-state index is 12.1. The monoisotopic (exact) mass is 340 g/mol. The fourth-order valence-corrected chi connectivity index (χ4v) is 2.16. The number of carbonyl (C=O) groups excluding carboxylic acids is 2. The maximum atomic E-state index is 12.1. The van der Waals surface area contributed by atoms with Crippen molar-refractivity contribution >= 4 is 23.2 Å². The Kier molecular flexibility index (Phi) is 4.89. The molecule has 1 aromatic heterocycles. The lowest BCUT2D eigenvalue weighted by molar-refractivity contribution is -0.115. The van der Waals surface area contributed by atoms with E-state index in [2.05, 4.69) is 20.8 Å². The molecule has 0 radical (unpaired) electrons. The van der Waals surface area contributed by atoms with E-state index < -0.39 is 0 Å². The van der Waals surface area contributed by atoms with Gasteiger partial charge >= 0.3 is 0 Å². The SMILES string of the molecule is C/C(CC(=O)Nc1ccc2c(c1)OCO2)=N/NC(=O)c1cccnc1. The van der Waals surface area contributed by atoms with Crippen LogP contribution in [0, 0.1) is 0 Å². The minimum absolute atomic E-state index is 0.0434. The van der Waals surface area contributed by atoms with Gasteiger partial charge in [-0.3, -0.25) is 14.6 Å². The van der Waals surface area contributed by atoms with Gasteiger partial charge in [0.05, 0.1) is 12.0 Å². The molecule has 8 heteroatoms. The fraction of sp³-hybridized carbons (Fsp3) is 0.176. The Labute approximate surface area is 143 Å². The van der Waals surface area contributed by atoms with Crippen molar-refractivity contribution in [2.75, 3.05) is 12.1 Å². The van der Waals surface area contributed by atoms with Gasteiger partial charge in [0.15, 0.2) is 11.5 Å². The summed E-state index contributed by atoms with van der Waals surface area (Å²) >= 11 is 0. The van der Waals surface area contributed by atoms with E-state index in [-0.39, 0.29) is 25.0 Å². The number of benzene rings is 1. The number of anilines is 1. The molecule has 2 amide bonds. The average Bonchev–Trinajstić information content (AvgIpc) is 3.08. The molecular formula is C17H16N4O4. The number of aromatic nitrogens is 1. The lowest BCUT2D eigenvalue weighted by Gasteiger charge is -2.06. The van der Waals surface area contributed by atoms with Gasteiger partial charge in [-0.2, -0.15) is 5.10 Å². The van der Waals surface area contributed by atoms with Crippen LogP contribution >= 0.6 is 0 Å². The summed E-state index contributed by atoms with van der Waals surface area (Å²) in [6.07, 6.45) is 3.06. The van der Waals surface area contributed by atoms with Crippen LogP contribution in [0.5, 0.6) is 11.5 Å². The van der Waals surface area contributed by atoms with E-state index in [4.69, 9.17) is 9.47 Å². The molecule has 128 valence electrons. The summed E-state index contributed by atoms with van der Waals surface area (Å²) in [6, 6.07) is 8.43. The quantitative estimate of drug-likeness (QED) is 0.640. The third-order valence-corrected chi connectivity index (χ3v) is 3.34. The van der Waals surface area contributed by atoms with Gasteiger partial charge < -0.3 is 14.8 Å². The zero-order chi connectivity index (χ0) is 17.6. The number of fused-ring (bicyclic) bond motifs is 1. The van der Waals surface area contributed by atoms with Crippen LogP contribution < -0.4 is 20.2 Å². The Morgan fingerprint density at radius 1 is 1.24 bits per heavy atom. The van der Waals surface area contributed by atoms with Crippen LogP contribution in [-0.2, 0) is 4.79 Å². The van der Waals surface area contributed by atoms with Crippen LogP contribution in [0.3, 0.4) is 0 Å². The normalized spacial score (nSPS) is 12.6. The molecule has 0 spiro atoms. The summed E-state index contributed by atoms with van der Waals surface area (Å²) in [7, 11) is 0. The van der Waals surface area contributed by atoms with Crippen LogP contribution in [-0.4, -0.2) is 29.3 Å². The molecule has 0 atom stereocenters. The molecule has 0 unspecified atom stereocenters. The molecular weight excluding hydrogens is 324 g/mol. The number of hydrazone groups is 1. The smallest absolute Gasteiger partial charge is 0.272 e. The molecule has 3 rings (SSSR count). The third-order valence-electron chi connectivity index (χ3n) is 3.34. The van der Waals surface area contributed by atoms with Gasteiger partial charge in [-0.15, -0.1) is 0 Å². The first-order valence-corrected chi connectivity index (χ1v) is 7.55. The Morgan fingerprint density at radius 3 is 2.88 bits per heavy atom. The Balaban J connectivity index is 1.52. The zero-order valence-corrected chi connectivity index (χ0v) is 13.5. The predicted octanol–water partition coefficient (Wildman–Crippen LogP) is 1.94. The molecule has 0 aliphatic carbocycles. The average molecular weight is 340 g/mol. The van der Waals surface area contributed by atoms with Crippen molar-refractivity contribution in [3.63, 3.8) is 0 Å². The summed E-state index contributed by atoms with van der Waals surface area (Å²) in [5.41, 5.74) is 3.85. The lowest BCUT2D eigenvalue weighted by Crippen LogP contribution is -2.21. The molecule has 0 saturated heterocycles. The van der Waals surface area contributed by atoms with Gasteiger partial charge in [0, 0.05) is 29.9 Å². The summed E-state index contributed by atoms with van der Waals surface area (Å²) < 4.78 is 10.5. The molecule has 0 fully saturated rings. The van der Waals surface area contributed by atoms with Gasteiger partial charge in [-0.1, -0.05) is 0 Å². The van der Waals surface area contributed by atoms with Gasteiger partial charge in [-0.05, 0) is 31.2 Å². The van der Waals surface area contributed by atoms with E-state index in [0.717, 1.165) is 0 Å². The van der Waals surface area contributed by atoms with E-state index in [1.165, 1.54) is 6.20 Å². The third kappa shape index (κ3) is 4.31. The van der Waals surface area contributed by atoms with Crippen molar-refractivity contribution in [3.05, 3.63) is 48.3 Å². The number of ether oxygens (including phenoxy) is 2. The minimum atomic E-state index is -0.386. The first-order chi connectivity index (χ1) is 12.1. The summed E-state index contributed by atoms with van der Waals surface area (Å²) in [5.74, 6) is 0.597. The first kappa shape index (κ1) is 16.4. The Morgan fingerprint density at radius 2 is 2.08 bits per heavy atom. The fourth-order valence-electron chi connectivity index (χ4n) is 2.16. The highest BCUT2D eigenvalue weighted by molar-refractivity contribution is 6.06. The molecule has 1 aliphatic heterocycles. The van der Waals surface area contributed by atoms with E-state index in [9.17, 15) is 9.59 Å². The summed E-state index contributed by atoms with van der Waals surface area (Å²) in [5, 5.41) is 6.67. The number of hydrogen-bond acceptors (Lipinski definition) is 6. The van der Waals surface area contributed by atoms with Crippen LogP contribution in [0.25, 0.3) is 0 Å². The second kappa shape index (κ2) is 7.43. The number of nitrogens with one attached hydrogen (secondary N) is 2.